The molecular weight excluding hydrogens is 298 g/mol. The fourth-order valence-corrected chi connectivity index (χ4v) is 7.03. The van der Waals surface area contributed by atoms with Crippen LogP contribution in [0.3, 0.4) is 0 Å². The molecule has 3 saturated carbocycles. The molecule has 0 aromatic carbocycles. The van der Waals surface area contributed by atoms with E-state index in [4.69, 9.17) is 10.5 Å². The monoisotopic (exact) mass is 331 g/mol. The molecule has 24 heavy (non-hydrogen) atoms. The summed E-state index contributed by atoms with van der Waals surface area (Å²) in [5, 5.41) is 0. The summed E-state index contributed by atoms with van der Waals surface area (Å²) in [6.45, 7) is 9.97. The summed E-state index contributed by atoms with van der Waals surface area (Å²) < 4.78 is 5.61. The van der Waals surface area contributed by atoms with Crippen molar-refractivity contribution in [3.8, 4) is 0 Å². The van der Waals surface area contributed by atoms with Crippen LogP contribution in [0.25, 0.3) is 0 Å². The quantitative estimate of drug-likeness (QED) is 0.613. The number of carbonyl (C=O) groups excluding carboxylic acids is 1. The molecule has 4 rings (SSSR count). The van der Waals surface area contributed by atoms with Crippen molar-refractivity contribution in [3.63, 3.8) is 0 Å². The Bertz CT molecular complexity index is 558. The van der Waals surface area contributed by atoms with Crippen LogP contribution in [0, 0.1) is 34.5 Å². The normalized spacial score (nSPS) is 51.2. The van der Waals surface area contributed by atoms with Gasteiger partial charge in [0.2, 0.25) is 0 Å². The van der Waals surface area contributed by atoms with Gasteiger partial charge in [-0.15, -0.1) is 0 Å². The van der Waals surface area contributed by atoms with E-state index in [0.29, 0.717) is 17.8 Å². The largest absolute Gasteiger partial charge is 0.462 e. The van der Waals surface area contributed by atoms with Gasteiger partial charge in [0.25, 0.3) is 0 Å². The lowest BCUT2D eigenvalue weighted by atomic mass is 9.55. The Labute approximate surface area is 146 Å². The van der Waals surface area contributed by atoms with Crippen LogP contribution in [0.2, 0.25) is 0 Å². The molecule has 0 radical (unpaired) electrons. The predicted molar refractivity (Wildman–Crippen MR) is 95.2 cm³/mol. The van der Waals surface area contributed by atoms with Gasteiger partial charge in [0.1, 0.15) is 6.10 Å². The first-order valence-corrected chi connectivity index (χ1v) is 9.99. The molecule has 4 aliphatic rings. The fraction of sp³-hybridized carbons (Fsp3) is 0.857. The zero-order chi connectivity index (χ0) is 17.1. The smallest absolute Gasteiger partial charge is 0.309 e. The van der Waals surface area contributed by atoms with Crippen LogP contribution in [-0.2, 0) is 9.53 Å². The van der Waals surface area contributed by atoms with Crippen LogP contribution in [-0.4, -0.2) is 18.6 Å². The van der Waals surface area contributed by atoms with E-state index in [2.05, 4.69) is 20.4 Å². The number of ether oxygens (including phenoxy) is 1. The van der Waals surface area contributed by atoms with Gasteiger partial charge in [0, 0.05) is 0 Å². The zero-order valence-electron chi connectivity index (χ0n) is 15.4. The second-order valence-electron chi connectivity index (χ2n) is 9.46. The first-order chi connectivity index (χ1) is 11.4. The maximum Gasteiger partial charge on any atom is 0.309 e. The number of esters is 1. The standard InChI is InChI=1S/C21H33NO2/c1-13-6-7-17-15(12-22)16(5-4-9-20(13,17)2)21(3)10-8-14-11-18(21)19(23)24-14/h14-18H,1,4-12,22H2,2-3H3/t14?,15-,16+,17+,18-,20-,21-/m1/s1. The van der Waals surface area contributed by atoms with Gasteiger partial charge in [-0.2, -0.15) is 0 Å². The summed E-state index contributed by atoms with van der Waals surface area (Å²) in [6, 6.07) is 0. The highest BCUT2D eigenvalue weighted by molar-refractivity contribution is 5.76. The van der Waals surface area contributed by atoms with E-state index < -0.39 is 0 Å². The molecule has 4 fully saturated rings. The van der Waals surface area contributed by atoms with Gasteiger partial charge in [0.05, 0.1) is 5.92 Å². The number of nitrogens with two attached hydrogens (primary N) is 1. The third-order valence-electron chi connectivity index (χ3n) is 8.61. The highest BCUT2D eigenvalue weighted by atomic mass is 16.6. The van der Waals surface area contributed by atoms with Crippen LogP contribution in [0.4, 0.5) is 0 Å². The summed E-state index contributed by atoms with van der Waals surface area (Å²) in [5.41, 5.74) is 8.16. The van der Waals surface area contributed by atoms with Crippen molar-refractivity contribution >= 4 is 5.97 Å². The Hall–Kier alpha value is -0.830. The third kappa shape index (κ3) is 2.16. The fourth-order valence-electron chi connectivity index (χ4n) is 7.03. The van der Waals surface area contributed by atoms with Crippen molar-refractivity contribution in [1.29, 1.82) is 0 Å². The summed E-state index contributed by atoms with van der Waals surface area (Å²) in [7, 11) is 0. The van der Waals surface area contributed by atoms with Gasteiger partial charge >= 0.3 is 5.97 Å². The van der Waals surface area contributed by atoms with Gasteiger partial charge in [-0.05, 0) is 80.1 Å². The van der Waals surface area contributed by atoms with Crippen LogP contribution in [0.1, 0.15) is 65.2 Å². The molecule has 0 aromatic heterocycles. The van der Waals surface area contributed by atoms with E-state index in [1.165, 1.54) is 31.3 Å². The van der Waals surface area contributed by atoms with Crippen LogP contribution >= 0.6 is 0 Å². The molecule has 3 nitrogen and oxygen atoms in total. The number of hydrogen-bond acceptors (Lipinski definition) is 3. The summed E-state index contributed by atoms with van der Waals surface area (Å²) in [4.78, 5) is 12.5. The maximum absolute atomic E-state index is 12.5. The molecule has 1 aliphatic heterocycles. The van der Waals surface area contributed by atoms with Crippen LogP contribution in [0.15, 0.2) is 12.2 Å². The molecule has 0 aromatic rings. The van der Waals surface area contributed by atoms with Crippen molar-refractivity contribution < 1.29 is 9.53 Å². The second kappa shape index (κ2) is 5.59. The lowest BCUT2D eigenvalue weighted by Gasteiger charge is -2.48. The number of hydrogen-bond donors (Lipinski definition) is 1. The predicted octanol–water partition coefficient (Wildman–Crippen LogP) is 4.07. The summed E-state index contributed by atoms with van der Waals surface area (Å²) in [5.74, 6) is 1.89. The molecule has 3 aliphatic carbocycles. The van der Waals surface area contributed by atoms with E-state index >= 15 is 0 Å². The second-order valence-corrected chi connectivity index (χ2v) is 9.46. The molecule has 0 amide bonds. The Morgan fingerprint density at radius 1 is 1.21 bits per heavy atom. The Balaban J connectivity index is 1.69. The molecule has 134 valence electrons. The van der Waals surface area contributed by atoms with Crippen LogP contribution < -0.4 is 5.73 Å². The lowest BCUT2D eigenvalue weighted by Crippen LogP contribution is -2.47. The lowest BCUT2D eigenvalue weighted by molar-refractivity contribution is -0.146. The minimum Gasteiger partial charge on any atom is -0.462 e. The number of carbonyl (C=O) groups is 1. The highest BCUT2D eigenvalue weighted by Gasteiger charge is 2.58. The van der Waals surface area contributed by atoms with Crippen LogP contribution in [0.5, 0.6) is 0 Å². The zero-order valence-corrected chi connectivity index (χ0v) is 15.4. The Morgan fingerprint density at radius 3 is 2.75 bits per heavy atom. The minimum atomic E-state index is 0.0682. The molecule has 3 heteroatoms. The number of fused-ring (bicyclic) bond motifs is 3. The SMILES string of the molecule is C=C1CC[C@H]2[C@H](CN)[C@@H]([C@@]3(C)CCC4C[C@@H]3C(=O)O4)CCC[C@]12C. The molecular formula is C21H33NO2. The van der Waals surface area contributed by atoms with Crippen molar-refractivity contribution in [3.05, 3.63) is 12.2 Å². The Kier molecular flexibility index (Phi) is 3.87. The highest BCUT2D eigenvalue weighted by Crippen LogP contribution is 2.62. The molecule has 1 heterocycles. The number of allylic oxidation sites excluding steroid dienone is 1. The minimum absolute atomic E-state index is 0.0682. The maximum atomic E-state index is 12.5. The molecule has 7 atom stereocenters. The van der Waals surface area contributed by atoms with E-state index in [0.717, 1.165) is 32.2 Å². The molecule has 2 bridgehead atoms. The van der Waals surface area contributed by atoms with E-state index in [1.54, 1.807) is 0 Å². The summed E-state index contributed by atoms with van der Waals surface area (Å²) >= 11 is 0. The van der Waals surface area contributed by atoms with Gasteiger partial charge in [-0.25, -0.2) is 0 Å². The van der Waals surface area contributed by atoms with Crippen molar-refractivity contribution in [2.75, 3.05) is 6.54 Å². The van der Waals surface area contributed by atoms with Gasteiger partial charge in [0.15, 0.2) is 0 Å². The van der Waals surface area contributed by atoms with Gasteiger partial charge in [-0.3, -0.25) is 4.79 Å². The first-order valence-electron chi connectivity index (χ1n) is 9.99. The Morgan fingerprint density at radius 2 is 2.00 bits per heavy atom. The van der Waals surface area contributed by atoms with Gasteiger partial charge in [-0.1, -0.05) is 32.4 Å². The van der Waals surface area contributed by atoms with Gasteiger partial charge < -0.3 is 10.5 Å². The molecule has 1 saturated heterocycles. The summed E-state index contributed by atoms with van der Waals surface area (Å²) in [6.07, 6.45) is 9.40. The topological polar surface area (TPSA) is 52.3 Å². The van der Waals surface area contributed by atoms with E-state index in [1.807, 2.05) is 0 Å². The van der Waals surface area contributed by atoms with E-state index in [9.17, 15) is 4.79 Å². The van der Waals surface area contributed by atoms with Crippen molar-refractivity contribution in [2.45, 2.75) is 71.3 Å². The average molecular weight is 332 g/mol. The molecule has 2 N–H and O–H groups in total. The first kappa shape index (κ1) is 16.6. The molecule has 1 unspecified atom stereocenters. The average Bonchev–Trinajstić information content (AvgIpc) is 2.97. The van der Waals surface area contributed by atoms with Crippen molar-refractivity contribution in [2.24, 2.45) is 40.2 Å². The third-order valence-corrected chi connectivity index (χ3v) is 8.61. The number of rotatable bonds is 2. The van der Waals surface area contributed by atoms with E-state index in [-0.39, 0.29) is 28.8 Å². The van der Waals surface area contributed by atoms with Crippen molar-refractivity contribution in [1.82, 2.24) is 0 Å². The molecule has 0 spiro atoms.